The van der Waals surface area contributed by atoms with Crippen LogP contribution in [0.5, 0.6) is 0 Å². The van der Waals surface area contributed by atoms with Crippen LogP contribution in [0.15, 0.2) is 53.4 Å². The SMILES string of the molecule is CC(CN)C(=O)NC(c1ccc(F)cc1)c1cccc(S(C)(=O)=O)c1. The summed E-state index contributed by atoms with van der Waals surface area (Å²) >= 11 is 0. The van der Waals surface area contributed by atoms with Crippen LogP contribution in [0.4, 0.5) is 4.39 Å². The molecule has 0 spiro atoms. The van der Waals surface area contributed by atoms with Gasteiger partial charge in [0, 0.05) is 18.7 Å². The largest absolute Gasteiger partial charge is 0.345 e. The maximum Gasteiger partial charge on any atom is 0.224 e. The Kier molecular flexibility index (Phi) is 5.92. The van der Waals surface area contributed by atoms with E-state index >= 15 is 0 Å². The van der Waals surface area contributed by atoms with Gasteiger partial charge in [0.15, 0.2) is 9.84 Å². The number of hydrogen-bond acceptors (Lipinski definition) is 4. The van der Waals surface area contributed by atoms with Crippen molar-refractivity contribution in [3.63, 3.8) is 0 Å². The average molecular weight is 364 g/mol. The Labute approximate surface area is 147 Å². The molecular formula is C18H21FN2O3S. The Morgan fingerprint density at radius 2 is 1.80 bits per heavy atom. The van der Waals surface area contributed by atoms with E-state index in [2.05, 4.69) is 5.32 Å². The Morgan fingerprint density at radius 1 is 1.16 bits per heavy atom. The predicted molar refractivity (Wildman–Crippen MR) is 94.2 cm³/mol. The van der Waals surface area contributed by atoms with Crippen LogP contribution in [0, 0.1) is 11.7 Å². The second-order valence-electron chi connectivity index (χ2n) is 5.97. The summed E-state index contributed by atoms with van der Waals surface area (Å²) in [6.45, 7) is 1.88. The summed E-state index contributed by atoms with van der Waals surface area (Å²) in [6.07, 6.45) is 1.12. The molecule has 3 N–H and O–H groups in total. The summed E-state index contributed by atoms with van der Waals surface area (Å²) in [4.78, 5) is 12.4. The van der Waals surface area contributed by atoms with Crippen LogP contribution >= 0.6 is 0 Å². The molecule has 0 heterocycles. The minimum absolute atomic E-state index is 0.151. The number of carbonyl (C=O) groups excluding carboxylic acids is 1. The monoisotopic (exact) mass is 364 g/mol. The first-order valence-corrected chi connectivity index (χ1v) is 9.67. The zero-order valence-corrected chi connectivity index (χ0v) is 14.9. The van der Waals surface area contributed by atoms with Crippen LogP contribution in [0.1, 0.15) is 24.1 Å². The molecule has 0 saturated heterocycles. The maximum absolute atomic E-state index is 13.2. The Hall–Kier alpha value is -2.25. The molecule has 2 atom stereocenters. The molecule has 0 bridgehead atoms. The molecule has 0 fully saturated rings. The lowest BCUT2D eigenvalue weighted by molar-refractivity contribution is -0.124. The van der Waals surface area contributed by atoms with Gasteiger partial charge in [-0.1, -0.05) is 31.2 Å². The lowest BCUT2D eigenvalue weighted by atomic mass is 9.97. The molecule has 134 valence electrons. The molecule has 0 saturated carbocycles. The molecule has 2 aromatic carbocycles. The van der Waals surface area contributed by atoms with Crippen molar-refractivity contribution in [2.24, 2.45) is 11.7 Å². The third-order valence-corrected chi connectivity index (χ3v) is 5.02. The number of carbonyl (C=O) groups is 1. The number of halogens is 1. The summed E-state index contributed by atoms with van der Waals surface area (Å²) in [5, 5.41) is 2.86. The third-order valence-electron chi connectivity index (χ3n) is 3.91. The first-order chi connectivity index (χ1) is 11.7. The Morgan fingerprint density at radius 3 is 2.36 bits per heavy atom. The zero-order chi connectivity index (χ0) is 18.6. The van der Waals surface area contributed by atoms with Crippen molar-refractivity contribution in [3.8, 4) is 0 Å². The molecule has 0 radical (unpaired) electrons. The van der Waals surface area contributed by atoms with E-state index in [1.807, 2.05) is 0 Å². The predicted octanol–water partition coefficient (Wildman–Crippen LogP) is 2.03. The molecule has 2 rings (SSSR count). The first kappa shape index (κ1) is 19.1. The molecule has 0 aliphatic heterocycles. The number of rotatable bonds is 6. The number of nitrogens with one attached hydrogen (secondary N) is 1. The van der Waals surface area contributed by atoms with Crippen molar-refractivity contribution in [1.29, 1.82) is 0 Å². The van der Waals surface area contributed by atoms with Crippen molar-refractivity contribution in [2.45, 2.75) is 17.9 Å². The van der Waals surface area contributed by atoms with Gasteiger partial charge in [0.1, 0.15) is 5.82 Å². The fraction of sp³-hybridized carbons (Fsp3) is 0.278. The number of benzene rings is 2. The molecule has 25 heavy (non-hydrogen) atoms. The number of sulfone groups is 1. The molecule has 2 unspecified atom stereocenters. The van der Waals surface area contributed by atoms with Crippen molar-refractivity contribution in [2.75, 3.05) is 12.8 Å². The van der Waals surface area contributed by atoms with Gasteiger partial charge in [0.2, 0.25) is 5.91 Å². The summed E-state index contributed by atoms with van der Waals surface area (Å²) in [5.41, 5.74) is 6.77. The third kappa shape index (κ3) is 4.87. The maximum atomic E-state index is 13.2. The van der Waals surface area contributed by atoms with E-state index in [0.29, 0.717) is 11.1 Å². The molecule has 0 aromatic heterocycles. The summed E-state index contributed by atoms with van der Waals surface area (Å²) < 4.78 is 36.9. The molecular weight excluding hydrogens is 343 g/mol. The highest BCUT2D eigenvalue weighted by Crippen LogP contribution is 2.25. The van der Waals surface area contributed by atoms with Gasteiger partial charge in [-0.2, -0.15) is 0 Å². The fourth-order valence-corrected chi connectivity index (χ4v) is 3.01. The van der Waals surface area contributed by atoms with E-state index in [4.69, 9.17) is 5.73 Å². The van der Waals surface area contributed by atoms with E-state index in [1.165, 1.54) is 24.3 Å². The van der Waals surface area contributed by atoms with Crippen molar-refractivity contribution < 1.29 is 17.6 Å². The quantitative estimate of drug-likeness (QED) is 0.821. The highest BCUT2D eigenvalue weighted by molar-refractivity contribution is 7.90. The van der Waals surface area contributed by atoms with E-state index in [-0.39, 0.29) is 17.3 Å². The molecule has 5 nitrogen and oxygen atoms in total. The van der Waals surface area contributed by atoms with Gasteiger partial charge in [-0.05, 0) is 35.4 Å². The highest BCUT2D eigenvalue weighted by atomic mass is 32.2. The van der Waals surface area contributed by atoms with Crippen LogP contribution in [0.3, 0.4) is 0 Å². The van der Waals surface area contributed by atoms with Crippen molar-refractivity contribution >= 4 is 15.7 Å². The average Bonchev–Trinajstić information content (AvgIpc) is 2.59. The number of amides is 1. The van der Waals surface area contributed by atoms with E-state index < -0.39 is 27.6 Å². The van der Waals surface area contributed by atoms with Crippen LogP contribution in [-0.2, 0) is 14.6 Å². The van der Waals surface area contributed by atoms with Crippen LogP contribution in [-0.4, -0.2) is 27.1 Å². The first-order valence-electron chi connectivity index (χ1n) is 7.78. The van der Waals surface area contributed by atoms with Gasteiger partial charge in [-0.15, -0.1) is 0 Å². The standard InChI is InChI=1S/C18H21FN2O3S/c1-12(11-20)18(22)21-17(13-6-8-15(19)9-7-13)14-4-3-5-16(10-14)25(2,23)24/h3-10,12,17H,11,20H2,1-2H3,(H,21,22). The minimum atomic E-state index is -3.39. The number of nitrogens with two attached hydrogens (primary N) is 1. The van der Waals surface area contributed by atoms with Gasteiger partial charge >= 0.3 is 0 Å². The zero-order valence-electron chi connectivity index (χ0n) is 14.1. The topological polar surface area (TPSA) is 89.3 Å². The Balaban J connectivity index is 2.47. The molecule has 1 amide bonds. The lowest BCUT2D eigenvalue weighted by Crippen LogP contribution is -2.36. The van der Waals surface area contributed by atoms with Crippen LogP contribution < -0.4 is 11.1 Å². The lowest BCUT2D eigenvalue weighted by Gasteiger charge is -2.22. The molecule has 0 aliphatic carbocycles. The van der Waals surface area contributed by atoms with Gasteiger partial charge in [-0.3, -0.25) is 4.79 Å². The molecule has 7 heteroatoms. The van der Waals surface area contributed by atoms with E-state index in [1.54, 1.807) is 31.2 Å². The fourth-order valence-electron chi connectivity index (χ4n) is 2.33. The smallest absolute Gasteiger partial charge is 0.224 e. The summed E-state index contributed by atoms with van der Waals surface area (Å²) in [6, 6.07) is 11.4. The second kappa shape index (κ2) is 7.76. The van der Waals surface area contributed by atoms with Gasteiger partial charge in [-0.25, -0.2) is 12.8 Å². The second-order valence-corrected chi connectivity index (χ2v) is 7.99. The van der Waals surface area contributed by atoms with Crippen molar-refractivity contribution in [1.82, 2.24) is 5.32 Å². The Bertz CT molecular complexity index is 851. The highest BCUT2D eigenvalue weighted by Gasteiger charge is 2.21. The summed E-state index contributed by atoms with van der Waals surface area (Å²) in [7, 11) is -3.39. The summed E-state index contributed by atoms with van der Waals surface area (Å²) in [5.74, 6) is -1.06. The normalized spacial score (nSPS) is 13.9. The van der Waals surface area contributed by atoms with E-state index in [0.717, 1.165) is 6.26 Å². The molecule has 2 aromatic rings. The van der Waals surface area contributed by atoms with Gasteiger partial charge < -0.3 is 11.1 Å². The minimum Gasteiger partial charge on any atom is -0.345 e. The number of hydrogen-bond donors (Lipinski definition) is 2. The molecule has 0 aliphatic rings. The van der Waals surface area contributed by atoms with Crippen LogP contribution in [0.2, 0.25) is 0 Å². The van der Waals surface area contributed by atoms with Crippen molar-refractivity contribution in [3.05, 3.63) is 65.5 Å². The van der Waals surface area contributed by atoms with Crippen LogP contribution in [0.25, 0.3) is 0 Å². The van der Waals surface area contributed by atoms with Gasteiger partial charge in [0.05, 0.1) is 10.9 Å². The van der Waals surface area contributed by atoms with E-state index in [9.17, 15) is 17.6 Å². The van der Waals surface area contributed by atoms with Gasteiger partial charge in [0.25, 0.3) is 0 Å².